The fraction of sp³-hybridized carbons (Fsp3) is 0.333. The van der Waals surface area contributed by atoms with Crippen molar-refractivity contribution in [1.29, 1.82) is 0 Å². The maximum Gasteiger partial charge on any atom is 0.395 e. The maximum absolute atomic E-state index is 13.7. The summed E-state index contributed by atoms with van der Waals surface area (Å²) >= 11 is 0. The van der Waals surface area contributed by atoms with Crippen molar-refractivity contribution in [2.75, 3.05) is 13.2 Å². The summed E-state index contributed by atoms with van der Waals surface area (Å²) < 4.78 is 33.3. The third-order valence-corrected chi connectivity index (χ3v) is 2.46. The van der Waals surface area contributed by atoms with Gasteiger partial charge in [0.15, 0.2) is 5.67 Å². The molecule has 0 radical (unpaired) electrons. The van der Waals surface area contributed by atoms with Crippen molar-refractivity contribution >= 4 is 8.69 Å². The van der Waals surface area contributed by atoms with E-state index < -0.39 is 14.4 Å². The monoisotopic (exact) mass is 214 g/mol. The summed E-state index contributed by atoms with van der Waals surface area (Å²) in [5.74, 6) is 0.453. The van der Waals surface area contributed by atoms with E-state index >= 15 is 0 Å². The highest BCUT2D eigenvalue weighted by atomic mass is 31.1. The van der Waals surface area contributed by atoms with Gasteiger partial charge < -0.3 is 9.26 Å². The predicted octanol–water partition coefficient (Wildman–Crippen LogP) is 2.47. The molecule has 0 atom stereocenters. The van der Waals surface area contributed by atoms with Crippen molar-refractivity contribution in [3.63, 3.8) is 0 Å². The lowest BCUT2D eigenvalue weighted by atomic mass is 9.94. The van der Waals surface area contributed by atoms with E-state index in [4.69, 9.17) is 4.74 Å². The van der Waals surface area contributed by atoms with Gasteiger partial charge in [-0.2, -0.15) is 0 Å². The summed E-state index contributed by atoms with van der Waals surface area (Å²) in [5, 5.41) is 0. The Kier molecular flexibility index (Phi) is 2.48. The Hall–Kier alpha value is -0.990. The molecule has 0 unspecified atom stereocenters. The van der Waals surface area contributed by atoms with E-state index in [9.17, 15) is 8.96 Å². The van der Waals surface area contributed by atoms with Gasteiger partial charge in [0.25, 0.3) is 0 Å². The molecule has 1 aromatic carbocycles. The van der Waals surface area contributed by atoms with Gasteiger partial charge in [-0.05, 0) is 17.7 Å². The van der Waals surface area contributed by atoms with E-state index in [-0.39, 0.29) is 13.2 Å². The molecule has 3 nitrogen and oxygen atoms in total. The second kappa shape index (κ2) is 3.64. The number of hydrogen-bond donors (Lipinski definition) is 0. The number of rotatable bonds is 3. The predicted molar refractivity (Wildman–Crippen MR) is 48.3 cm³/mol. The van der Waals surface area contributed by atoms with Gasteiger partial charge in [-0.1, -0.05) is 12.1 Å². The standard InChI is InChI=1S/C9H8FO3P/c10-9(5-12-6-9)7-1-3-8(4-2-7)13-14-11/h1-4H,5-6H2. The van der Waals surface area contributed by atoms with Crippen molar-refractivity contribution in [2.24, 2.45) is 0 Å². The lowest BCUT2D eigenvalue weighted by Crippen LogP contribution is -2.42. The average Bonchev–Trinajstić information content (AvgIpc) is 2.16. The van der Waals surface area contributed by atoms with E-state index in [1.54, 1.807) is 24.3 Å². The molecule has 1 heterocycles. The van der Waals surface area contributed by atoms with Crippen LogP contribution in [0.2, 0.25) is 0 Å². The Labute approximate surface area is 82.1 Å². The molecule has 0 amide bonds. The van der Waals surface area contributed by atoms with Crippen LogP contribution in [0, 0.1) is 0 Å². The van der Waals surface area contributed by atoms with Crippen LogP contribution in [0.15, 0.2) is 24.3 Å². The summed E-state index contributed by atoms with van der Waals surface area (Å²) in [5.41, 5.74) is -0.785. The van der Waals surface area contributed by atoms with Crippen LogP contribution in [0.3, 0.4) is 0 Å². The number of alkyl halides is 1. The van der Waals surface area contributed by atoms with Crippen molar-refractivity contribution in [3.05, 3.63) is 29.8 Å². The van der Waals surface area contributed by atoms with Crippen molar-refractivity contribution in [2.45, 2.75) is 5.67 Å². The molecular formula is C9H8FO3P. The van der Waals surface area contributed by atoms with E-state index in [2.05, 4.69) is 4.52 Å². The molecule has 74 valence electrons. The molecule has 0 bridgehead atoms. The van der Waals surface area contributed by atoms with Crippen LogP contribution in [0.25, 0.3) is 0 Å². The smallest absolute Gasteiger partial charge is 0.395 e. The molecular weight excluding hydrogens is 206 g/mol. The Balaban J connectivity index is 2.17. The largest absolute Gasteiger partial charge is 0.408 e. The lowest BCUT2D eigenvalue weighted by molar-refractivity contribution is -0.135. The average molecular weight is 214 g/mol. The van der Waals surface area contributed by atoms with Gasteiger partial charge >= 0.3 is 8.69 Å². The molecule has 14 heavy (non-hydrogen) atoms. The molecule has 1 aromatic rings. The van der Waals surface area contributed by atoms with Crippen molar-refractivity contribution in [1.82, 2.24) is 0 Å². The van der Waals surface area contributed by atoms with Crippen LogP contribution < -0.4 is 4.52 Å². The van der Waals surface area contributed by atoms with Crippen LogP contribution in [0.1, 0.15) is 5.56 Å². The topological polar surface area (TPSA) is 35.5 Å². The van der Waals surface area contributed by atoms with Gasteiger partial charge in [-0.15, -0.1) is 0 Å². The minimum absolute atomic E-state index is 0.104. The highest BCUT2D eigenvalue weighted by Crippen LogP contribution is 2.34. The Bertz CT molecular complexity index is 334. The third-order valence-electron chi connectivity index (χ3n) is 2.18. The summed E-state index contributed by atoms with van der Waals surface area (Å²) in [7, 11) is -0.408. The van der Waals surface area contributed by atoms with E-state index in [1.807, 2.05) is 0 Å². The fourth-order valence-electron chi connectivity index (χ4n) is 1.31. The highest BCUT2D eigenvalue weighted by molar-refractivity contribution is 7.17. The molecule has 0 N–H and O–H groups in total. The minimum Gasteiger partial charge on any atom is -0.408 e. The molecule has 1 fully saturated rings. The first-order valence-electron chi connectivity index (χ1n) is 4.11. The fourth-order valence-corrected chi connectivity index (χ4v) is 1.51. The van der Waals surface area contributed by atoms with Crippen LogP contribution in [0.4, 0.5) is 4.39 Å². The summed E-state index contributed by atoms with van der Waals surface area (Å²) in [4.78, 5) is 0. The van der Waals surface area contributed by atoms with Crippen molar-refractivity contribution < 1.29 is 18.2 Å². The van der Waals surface area contributed by atoms with Gasteiger partial charge in [0.1, 0.15) is 5.75 Å². The van der Waals surface area contributed by atoms with E-state index in [0.29, 0.717) is 11.3 Å². The molecule has 5 heteroatoms. The first-order valence-corrected chi connectivity index (χ1v) is 4.84. The summed E-state index contributed by atoms with van der Waals surface area (Å²) in [6.07, 6.45) is 0. The number of ether oxygens (including phenoxy) is 1. The molecule has 0 aromatic heterocycles. The molecule has 2 rings (SSSR count). The Morgan fingerprint density at radius 1 is 1.36 bits per heavy atom. The van der Waals surface area contributed by atoms with E-state index in [1.165, 1.54) is 0 Å². The van der Waals surface area contributed by atoms with Crippen LogP contribution >= 0.6 is 8.69 Å². The molecule has 0 aliphatic carbocycles. The molecule has 0 spiro atoms. The highest BCUT2D eigenvalue weighted by Gasteiger charge is 2.40. The Morgan fingerprint density at radius 2 is 2.00 bits per heavy atom. The second-order valence-corrected chi connectivity index (χ2v) is 3.48. The van der Waals surface area contributed by atoms with Gasteiger partial charge in [-0.3, -0.25) is 0 Å². The third kappa shape index (κ3) is 1.63. The first-order chi connectivity index (χ1) is 6.74. The molecule has 1 aliphatic heterocycles. The quantitative estimate of drug-likeness (QED) is 0.725. The molecule has 1 saturated heterocycles. The van der Waals surface area contributed by atoms with Gasteiger partial charge in [0.05, 0.1) is 13.2 Å². The summed E-state index contributed by atoms with van der Waals surface area (Å²) in [6, 6.07) is 6.39. The zero-order valence-corrected chi connectivity index (χ0v) is 8.17. The summed E-state index contributed by atoms with van der Waals surface area (Å²) in [6.45, 7) is 0.208. The number of benzene rings is 1. The maximum atomic E-state index is 13.7. The minimum atomic E-state index is -1.35. The van der Waals surface area contributed by atoms with Gasteiger partial charge in [-0.25, -0.2) is 8.96 Å². The number of halogens is 1. The second-order valence-electron chi connectivity index (χ2n) is 3.15. The van der Waals surface area contributed by atoms with Crippen LogP contribution in [-0.2, 0) is 15.0 Å². The zero-order valence-electron chi connectivity index (χ0n) is 7.27. The van der Waals surface area contributed by atoms with Gasteiger partial charge in [0, 0.05) is 0 Å². The van der Waals surface area contributed by atoms with Crippen LogP contribution in [-0.4, -0.2) is 13.2 Å². The van der Waals surface area contributed by atoms with Crippen molar-refractivity contribution in [3.8, 4) is 5.75 Å². The van der Waals surface area contributed by atoms with Crippen LogP contribution in [0.5, 0.6) is 5.75 Å². The molecule has 1 aliphatic rings. The normalized spacial score (nSPS) is 18.9. The zero-order chi connectivity index (χ0) is 10.0. The molecule has 0 saturated carbocycles. The SMILES string of the molecule is O=POc1ccc(C2(F)COC2)cc1. The van der Waals surface area contributed by atoms with Gasteiger partial charge in [0.2, 0.25) is 0 Å². The first kappa shape index (κ1) is 9.56. The lowest BCUT2D eigenvalue weighted by Gasteiger charge is -2.34. The Morgan fingerprint density at radius 3 is 2.43 bits per heavy atom. The number of hydrogen-bond acceptors (Lipinski definition) is 3. The van der Waals surface area contributed by atoms with E-state index in [0.717, 1.165) is 0 Å².